The third-order valence-corrected chi connectivity index (χ3v) is 3.03. The molecule has 0 heterocycles. The molecule has 0 saturated heterocycles. The van der Waals surface area contributed by atoms with Gasteiger partial charge in [-0.2, -0.15) is 0 Å². The van der Waals surface area contributed by atoms with Crippen molar-refractivity contribution in [3.63, 3.8) is 0 Å². The lowest BCUT2D eigenvalue weighted by atomic mass is 10.1. The van der Waals surface area contributed by atoms with Crippen molar-refractivity contribution in [2.24, 2.45) is 11.7 Å². The fourth-order valence-electron chi connectivity index (χ4n) is 1.84. The molecule has 0 bridgehead atoms. The first-order valence-corrected chi connectivity index (χ1v) is 5.96. The van der Waals surface area contributed by atoms with E-state index in [-0.39, 0.29) is 5.91 Å². The first kappa shape index (κ1) is 12.4. The van der Waals surface area contributed by atoms with Crippen molar-refractivity contribution in [1.82, 2.24) is 0 Å². The van der Waals surface area contributed by atoms with E-state index in [1.165, 1.54) is 0 Å². The van der Waals surface area contributed by atoms with Crippen LogP contribution in [0, 0.1) is 5.92 Å². The number of hydrogen-bond acceptors (Lipinski definition) is 2. The minimum Gasteiger partial charge on any atom is -0.366 e. The van der Waals surface area contributed by atoms with Gasteiger partial charge in [0.2, 0.25) is 5.91 Å². The van der Waals surface area contributed by atoms with Crippen molar-refractivity contribution >= 4 is 17.5 Å². The summed E-state index contributed by atoms with van der Waals surface area (Å²) < 4.78 is 0. The molecule has 4 heteroatoms. The van der Waals surface area contributed by atoms with Crippen molar-refractivity contribution < 1.29 is 9.59 Å². The predicted octanol–water partition coefficient (Wildman–Crippen LogP) is 2.08. The maximum atomic E-state index is 11.8. The first-order chi connectivity index (χ1) is 8.58. The number of rotatable bonds is 4. The minimum atomic E-state index is -0.547. The number of benzene rings is 1. The molecule has 1 aliphatic carbocycles. The van der Waals surface area contributed by atoms with E-state index in [1.54, 1.807) is 30.3 Å². The van der Waals surface area contributed by atoms with Crippen molar-refractivity contribution in [3.05, 3.63) is 41.5 Å². The largest absolute Gasteiger partial charge is 0.366 e. The summed E-state index contributed by atoms with van der Waals surface area (Å²) in [5.41, 5.74) is 7.11. The summed E-state index contributed by atoms with van der Waals surface area (Å²) in [6, 6.07) is 6.72. The van der Waals surface area contributed by atoms with Crippen molar-refractivity contribution in [1.29, 1.82) is 0 Å². The van der Waals surface area contributed by atoms with E-state index < -0.39 is 5.91 Å². The summed E-state index contributed by atoms with van der Waals surface area (Å²) in [6.45, 7) is 1.96. The molecule has 0 unspecified atom stereocenters. The van der Waals surface area contributed by atoms with Crippen LogP contribution >= 0.6 is 0 Å². The molecule has 0 spiro atoms. The Morgan fingerprint density at radius 3 is 2.61 bits per heavy atom. The Labute approximate surface area is 106 Å². The lowest BCUT2D eigenvalue weighted by Crippen LogP contribution is -2.17. The number of nitrogens with two attached hydrogens (primary N) is 1. The van der Waals surface area contributed by atoms with Crippen LogP contribution in [0.4, 0.5) is 5.69 Å². The average molecular weight is 244 g/mol. The van der Waals surface area contributed by atoms with Crippen LogP contribution in [-0.2, 0) is 4.79 Å². The van der Waals surface area contributed by atoms with Gasteiger partial charge in [0.25, 0.3) is 5.91 Å². The zero-order valence-electron chi connectivity index (χ0n) is 10.3. The maximum Gasteiger partial charge on any atom is 0.250 e. The number of para-hydroxylation sites is 1. The van der Waals surface area contributed by atoms with Gasteiger partial charge in [-0.3, -0.25) is 9.59 Å². The Hall–Kier alpha value is -2.10. The molecule has 1 fully saturated rings. The fraction of sp³-hybridized carbons (Fsp3) is 0.286. The highest BCUT2D eigenvalue weighted by Gasteiger charge is 2.23. The van der Waals surface area contributed by atoms with Crippen LogP contribution in [0.2, 0.25) is 0 Å². The fourth-order valence-corrected chi connectivity index (χ4v) is 1.84. The number of allylic oxidation sites excluding steroid dienone is 1. The van der Waals surface area contributed by atoms with Gasteiger partial charge in [-0.15, -0.1) is 0 Å². The van der Waals surface area contributed by atoms with Crippen LogP contribution in [0.5, 0.6) is 0 Å². The number of amides is 2. The molecule has 0 atom stereocenters. The molecular weight excluding hydrogens is 228 g/mol. The quantitative estimate of drug-likeness (QED) is 0.796. The van der Waals surface area contributed by atoms with Gasteiger partial charge in [-0.25, -0.2) is 0 Å². The molecule has 0 aromatic heterocycles. The monoisotopic (exact) mass is 244 g/mol. The van der Waals surface area contributed by atoms with E-state index in [0.29, 0.717) is 17.2 Å². The van der Waals surface area contributed by atoms with Crippen LogP contribution in [0.15, 0.2) is 35.9 Å². The van der Waals surface area contributed by atoms with Gasteiger partial charge in [-0.1, -0.05) is 17.7 Å². The van der Waals surface area contributed by atoms with Crippen LogP contribution in [0.1, 0.15) is 30.1 Å². The van der Waals surface area contributed by atoms with E-state index in [0.717, 1.165) is 18.4 Å². The maximum absolute atomic E-state index is 11.8. The topological polar surface area (TPSA) is 72.2 Å². The third-order valence-electron chi connectivity index (χ3n) is 3.03. The number of primary amides is 1. The van der Waals surface area contributed by atoms with Crippen LogP contribution in [-0.4, -0.2) is 11.8 Å². The number of carbonyl (C=O) groups is 2. The van der Waals surface area contributed by atoms with Gasteiger partial charge in [0.15, 0.2) is 0 Å². The summed E-state index contributed by atoms with van der Waals surface area (Å²) >= 11 is 0. The summed E-state index contributed by atoms with van der Waals surface area (Å²) in [5, 5.41) is 2.69. The lowest BCUT2D eigenvalue weighted by Gasteiger charge is -2.07. The first-order valence-electron chi connectivity index (χ1n) is 5.96. The van der Waals surface area contributed by atoms with Gasteiger partial charge >= 0.3 is 0 Å². The SMILES string of the molecule is C/C(=C\C(=O)Nc1ccccc1C(N)=O)C1CC1. The van der Waals surface area contributed by atoms with Gasteiger partial charge in [0.1, 0.15) is 0 Å². The van der Waals surface area contributed by atoms with E-state index in [9.17, 15) is 9.59 Å². The van der Waals surface area contributed by atoms with Crippen molar-refractivity contribution in [2.45, 2.75) is 19.8 Å². The highest BCUT2D eigenvalue weighted by atomic mass is 16.2. The zero-order chi connectivity index (χ0) is 13.1. The van der Waals surface area contributed by atoms with Crippen LogP contribution in [0.25, 0.3) is 0 Å². The number of hydrogen-bond donors (Lipinski definition) is 2. The molecule has 4 nitrogen and oxygen atoms in total. The Kier molecular flexibility index (Phi) is 3.46. The molecule has 1 saturated carbocycles. The van der Waals surface area contributed by atoms with Crippen LogP contribution < -0.4 is 11.1 Å². The molecule has 1 aromatic rings. The van der Waals surface area contributed by atoms with E-state index in [4.69, 9.17) is 5.73 Å². The second-order valence-corrected chi connectivity index (χ2v) is 4.56. The Balaban J connectivity index is 2.11. The Morgan fingerprint density at radius 1 is 1.33 bits per heavy atom. The standard InChI is InChI=1S/C14H16N2O2/c1-9(10-6-7-10)8-13(17)16-12-5-3-2-4-11(12)14(15)18/h2-5,8,10H,6-7H2,1H3,(H2,15,18)(H,16,17)/b9-8+. The molecule has 1 aromatic carbocycles. The van der Waals surface area contributed by atoms with E-state index in [1.807, 2.05) is 6.92 Å². The highest BCUT2D eigenvalue weighted by molar-refractivity contribution is 6.06. The number of nitrogens with one attached hydrogen (secondary N) is 1. The van der Waals surface area contributed by atoms with Crippen molar-refractivity contribution in [2.75, 3.05) is 5.32 Å². The normalized spacial score (nSPS) is 15.3. The summed E-state index contributed by atoms with van der Waals surface area (Å²) in [6.07, 6.45) is 3.91. The summed E-state index contributed by atoms with van der Waals surface area (Å²) in [5.74, 6) is -0.205. The van der Waals surface area contributed by atoms with Crippen LogP contribution in [0.3, 0.4) is 0 Å². The molecule has 0 aliphatic heterocycles. The van der Waals surface area contributed by atoms with Gasteiger partial charge < -0.3 is 11.1 Å². The number of anilines is 1. The van der Waals surface area contributed by atoms with Gasteiger partial charge in [0.05, 0.1) is 11.3 Å². The third kappa shape index (κ3) is 2.97. The van der Waals surface area contributed by atoms with Crippen molar-refractivity contribution in [3.8, 4) is 0 Å². The molecular formula is C14H16N2O2. The molecule has 2 rings (SSSR count). The average Bonchev–Trinajstić information content (AvgIpc) is 3.12. The predicted molar refractivity (Wildman–Crippen MR) is 70.1 cm³/mol. The molecule has 3 N–H and O–H groups in total. The van der Waals surface area contributed by atoms with E-state index >= 15 is 0 Å². The van der Waals surface area contributed by atoms with Gasteiger partial charge in [0, 0.05) is 6.08 Å². The smallest absolute Gasteiger partial charge is 0.250 e. The molecule has 0 radical (unpaired) electrons. The summed E-state index contributed by atoms with van der Waals surface area (Å²) in [7, 11) is 0. The minimum absolute atomic E-state index is 0.215. The van der Waals surface area contributed by atoms with Gasteiger partial charge in [-0.05, 0) is 37.8 Å². The second-order valence-electron chi connectivity index (χ2n) is 4.56. The second kappa shape index (κ2) is 5.04. The Morgan fingerprint density at radius 2 is 2.00 bits per heavy atom. The molecule has 2 amide bonds. The van der Waals surface area contributed by atoms with E-state index in [2.05, 4.69) is 5.32 Å². The molecule has 94 valence electrons. The zero-order valence-corrected chi connectivity index (χ0v) is 10.3. The number of carbonyl (C=O) groups excluding carboxylic acids is 2. The highest BCUT2D eigenvalue weighted by Crippen LogP contribution is 2.35. The lowest BCUT2D eigenvalue weighted by molar-refractivity contribution is -0.112. The molecule has 1 aliphatic rings. The molecule has 18 heavy (non-hydrogen) atoms. The Bertz CT molecular complexity index is 516. The summed E-state index contributed by atoms with van der Waals surface area (Å²) in [4.78, 5) is 23.0.